The minimum absolute atomic E-state index is 0.0390. The normalized spacial score (nSPS) is 10.4. The van der Waals surface area contributed by atoms with Gasteiger partial charge in [-0.15, -0.1) is 0 Å². The Kier molecular flexibility index (Phi) is 10.2. The zero-order valence-electron chi connectivity index (χ0n) is 18.3. The summed E-state index contributed by atoms with van der Waals surface area (Å²) in [5.41, 5.74) is 2.86. The third kappa shape index (κ3) is 7.38. The van der Waals surface area contributed by atoms with Crippen LogP contribution < -0.4 is 5.11 Å². The maximum Gasteiger partial charge on any atom is 0.166 e. The number of carboxylic acids is 1. The molecule has 158 valence electrons. The maximum atomic E-state index is 9.26. The first kappa shape index (κ1) is 23.8. The number of aryl methyl sites for hydroxylation is 2. The van der Waals surface area contributed by atoms with E-state index in [2.05, 4.69) is 92.7 Å². The number of carboxylic acid groups (broad SMARTS) is 1. The molecule has 0 saturated carbocycles. The number of rotatable bonds is 8. The molecule has 0 spiro atoms. The van der Waals surface area contributed by atoms with Crippen molar-refractivity contribution in [2.75, 3.05) is 0 Å². The van der Waals surface area contributed by atoms with E-state index in [1.807, 2.05) is 0 Å². The molecule has 0 aliphatic rings. The Labute approximate surface area is 184 Å². The van der Waals surface area contributed by atoms with Gasteiger partial charge in [0.2, 0.25) is 0 Å². The number of hydrogen-bond donors (Lipinski definition) is 0. The van der Waals surface area contributed by atoms with Crippen molar-refractivity contribution in [1.29, 1.82) is 0 Å². The highest BCUT2D eigenvalue weighted by molar-refractivity contribution is 7.97. The largest absolute Gasteiger partial charge is 0.550 e. The molecule has 30 heavy (non-hydrogen) atoms. The molecule has 0 aromatic heterocycles. The predicted octanol–water partition coefficient (Wildman–Crippen LogP) is 5.83. The number of hydrogen-bond acceptors (Lipinski definition) is 2. The van der Waals surface area contributed by atoms with E-state index in [0.717, 1.165) is 12.8 Å². The molecular formula is C27H32O2S. The van der Waals surface area contributed by atoms with Crippen molar-refractivity contribution < 1.29 is 9.90 Å². The number of benzene rings is 3. The van der Waals surface area contributed by atoms with Crippen LogP contribution in [0.4, 0.5) is 0 Å². The van der Waals surface area contributed by atoms with Crippen LogP contribution in [0.3, 0.4) is 0 Å². The number of carbonyl (C=O) groups is 1. The Balaban J connectivity index is 0.000000575. The van der Waals surface area contributed by atoms with Crippen molar-refractivity contribution in [1.82, 2.24) is 0 Å². The monoisotopic (exact) mass is 420 g/mol. The minimum atomic E-state index is -0.995. The van der Waals surface area contributed by atoms with Crippen molar-refractivity contribution in [3.63, 3.8) is 0 Å². The SMILES string of the molecule is CCC(=O)[O-].CCCc1ccc([S+](c2ccccc2)c2ccc(CCC)cc2)cc1. The molecule has 3 heteroatoms. The van der Waals surface area contributed by atoms with Gasteiger partial charge in [-0.3, -0.25) is 0 Å². The van der Waals surface area contributed by atoms with Crippen LogP contribution in [0.5, 0.6) is 0 Å². The van der Waals surface area contributed by atoms with E-state index in [1.54, 1.807) is 0 Å². The molecule has 0 atom stereocenters. The summed E-state index contributed by atoms with van der Waals surface area (Å²) in [6, 6.07) is 29.4. The second kappa shape index (κ2) is 12.9. The summed E-state index contributed by atoms with van der Waals surface area (Å²) in [5.74, 6) is -0.995. The van der Waals surface area contributed by atoms with Crippen molar-refractivity contribution in [3.05, 3.63) is 90.0 Å². The summed E-state index contributed by atoms with van der Waals surface area (Å²) in [5, 5.41) is 9.26. The lowest BCUT2D eigenvalue weighted by Gasteiger charge is -2.09. The van der Waals surface area contributed by atoms with E-state index in [4.69, 9.17) is 0 Å². The fraction of sp³-hybridized carbons (Fsp3) is 0.296. The molecule has 2 nitrogen and oxygen atoms in total. The highest BCUT2D eigenvalue weighted by Crippen LogP contribution is 2.31. The smallest absolute Gasteiger partial charge is 0.166 e. The first-order valence-electron chi connectivity index (χ1n) is 10.8. The fourth-order valence-electron chi connectivity index (χ4n) is 3.13. The lowest BCUT2D eigenvalue weighted by atomic mass is 10.1. The van der Waals surface area contributed by atoms with Crippen LogP contribution >= 0.6 is 0 Å². The molecule has 0 unspecified atom stereocenters. The van der Waals surface area contributed by atoms with Gasteiger partial charge >= 0.3 is 0 Å². The summed E-state index contributed by atoms with van der Waals surface area (Å²) in [7, 11) is -0.0390. The predicted molar refractivity (Wildman–Crippen MR) is 125 cm³/mol. The Bertz CT molecular complexity index is 822. The van der Waals surface area contributed by atoms with Gasteiger partial charge in [0.25, 0.3) is 0 Å². The van der Waals surface area contributed by atoms with Crippen LogP contribution in [0.15, 0.2) is 93.5 Å². The molecule has 3 aromatic carbocycles. The highest BCUT2D eigenvalue weighted by atomic mass is 32.2. The summed E-state index contributed by atoms with van der Waals surface area (Å²) in [6.07, 6.45) is 4.82. The van der Waals surface area contributed by atoms with Crippen LogP contribution in [0.2, 0.25) is 0 Å². The summed E-state index contributed by atoms with van der Waals surface area (Å²) < 4.78 is 0. The van der Waals surface area contributed by atoms with E-state index in [-0.39, 0.29) is 17.3 Å². The Morgan fingerprint density at radius 3 is 1.37 bits per heavy atom. The van der Waals surface area contributed by atoms with E-state index in [0.29, 0.717) is 0 Å². The lowest BCUT2D eigenvalue weighted by molar-refractivity contribution is -0.305. The van der Waals surface area contributed by atoms with Crippen molar-refractivity contribution in [2.24, 2.45) is 0 Å². The van der Waals surface area contributed by atoms with Gasteiger partial charge in [0.1, 0.15) is 0 Å². The molecule has 0 bridgehead atoms. The molecule has 3 rings (SSSR count). The van der Waals surface area contributed by atoms with Gasteiger partial charge in [0, 0.05) is 5.97 Å². The average Bonchev–Trinajstić information content (AvgIpc) is 2.78. The van der Waals surface area contributed by atoms with Crippen LogP contribution in [0.1, 0.15) is 51.2 Å². The van der Waals surface area contributed by atoms with E-state index in [9.17, 15) is 9.90 Å². The third-order valence-electron chi connectivity index (χ3n) is 4.66. The average molecular weight is 421 g/mol. The second-order valence-corrected chi connectivity index (χ2v) is 9.16. The van der Waals surface area contributed by atoms with Crippen LogP contribution in [-0.4, -0.2) is 5.97 Å². The molecule has 3 aromatic rings. The van der Waals surface area contributed by atoms with Crippen LogP contribution in [-0.2, 0) is 28.5 Å². The Morgan fingerprint density at radius 1 is 0.667 bits per heavy atom. The van der Waals surface area contributed by atoms with E-state index >= 15 is 0 Å². The molecule has 0 aliphatic carbocycles. The number of aliphatic carboxylic acids is 1. The molecule has 0 saturated heterocycles. The van der Waals surface area contributed by atoms with Gasteiger partial charge in [-0.2, -0.15) is 0 Å². The molecular weight excluding hydrogens is 388 g/mol. The van der Waals surface area contributed by atoms with Gasteiger partial charge in [-0.25, -0.2) is 0 Å². The quantitative estimate of drug-likeness (QED) is 0.430. The van der Waals surface area contributed by atoms with Crippen molar-refractivity contribution in [2.45, 2.75) is 67.6 Å². The highest BCUT2D eigenvalue weighted by Gasteiger charge is 2.28. The first-order chi connectivity index (χ1) is 14.6. The van der Waals surface area contributed by atoms with Crippen LogP contribution in [0.25, 0.3) is 0 Å². The lowest BCUT2D eigenvalue weighted by Crippen LogP contribution is -2.19. The standard InChI is InChI=1S/C24H27S.C3H6O2/c1-3-8-20-12-16-23(17-13-20)25(22-10-6-5-7-11-22)24-18-14-21(9-4-2)15-19-24;1-2-3(4)5/h5-7,10-19H,3-4,8-9H2,1-2H3;2H2,1H3,(H,4,5)/q+1;/p-1. The van der Waals surface area contributed by atoms with Crippen LogP contribution in [0, 0.1) is 0 Å². The fourth-order valence-corrected chi connectivity index (χ4v) is 5.19. The van der Waals surface area contributed by atoms with Crippen molar-refractivity contribution >= 4 is 16.9 Å². The van der Waals surface area contributed by atoms with E-state index < -0.39 is 5.97 Å². The van der Waals surface area contributed by atoms with E-state index in [1.165, 1.54) is 45.6 Å². The van der Waals surface area contributed by atoms with Gasteiger partial charge < -0.3 is 9.90 Å². The second-order valence-electron chi connectivity index (χ2n) is 7.13. The molecule has 0 amide bonds. The number of carbonyl (C=O) groups excluding carboxylic acids is 1. The minimum Gasteiger partial charge on any atom is -0.550 e. The van der Waals surface area contributed by atoms with Gasteiger partial charge in [-0.05, 0) is 66.8 Å². The molecule has 0 aliphatic heterocycles. The summed E-state index contributed by atoms with van der Waals surface area (Å²) in [4.78, 5) is 13.4. The zero-order valence-corrected chi connectivity index (χ0v) is 19.1. The Morgan fingerprint density at radius 2 is 1.03 bits per heavy atom. The summed E-state index contributed by atoms with van der Waals surface area (Å²) >= 11 is 0. The van der Waals surface area contributed by atoms with Gasteiger partial charge in [0.05, 0.1) is 10.9 Å². The maximum absolute atomic E-state index is 9.26. The molecule has 0 heterocycles. The third-order valence-corrected chi connectivity index (χ3v) is 6.89. The molecule has 0 fully saturated rings. The van der Waals surface area contributed by atoms with Gasteiger partial charge in [-0.1, -0.05) is 76.1 Å². The Hall–Kier alpha value is -2.52. The van der Waals surface area contributed by atoms with Gasteiger partial charge in [0.15, 0.2) is 14.7 Å². The molecule has 0 N–H and O–H groups in total. The first-order valence-corrected chi connectivity index (χ1v) is 12.0. The van der Waals surface area contributed by atoms with Crippen molar-refractivity contribution in [3.8, 4) is 0 Å². The topological polar surface area (TPSA) is 40.1 Å². The summed E-state index contributed by atoms with van der Waals surface area (Å²) in [6.45, 7) is 6.01. The molecule has 0 radical (unpaired) electrons. The zero-order chi connectivity index (χ0) is 21.8.